The molecule has 0 aromatic heterocycles. The minimum atomic E-state index is -0.887. The second-order valence-electron chi connectivity index (χ2n) is 4.73. The number of rotatable bonds is 2. The average molecular weight is 228 g/mol. The Morgan fingerprint density at radius 2 is 1.94 bits per heavy atom. The van der Waals surface area contributed by atoms with Crippen molar-refractivity contribution in [3.63, 3.8) is 0 Å². The first-order valence-corrected chi connectivity index (χ1v) is 5.88. The molecule has 0 fully saturated rings. The van der Waals surface area contributed by atoms with Gasteiger partial charge < -0.3 is 4.90 Å². The summed E-state index contributed by atoms with van der Waals surface area (Å²) in [6.45, 7) is 4.86. The fraction of sp³-hybridized carbons (Fsp3) is 0.429. The highest BCUT2D eigenvalue weighted by molar-refractivity contribution is 5.85. The predicted molar refractivity (Wildman–Crippen MR) is 64.7 cm³/mol. The number of amides is 1. The maximum Gasteiger partial charge on any atom is 0.243 e. The van der Waals surface area contributed by atoms with E-state index in [0.717, 1.165) is 0 Å². The molecule has 1 aromatic rings. The molecule has 1 aliphatic heterocycles. The topological polar surface area (TPSA) is 44.1 Å². The Kier molecular flexibility index (Phi) is 2.89. The first-order chi connectivity index (χ1) is 8.10. The van der Waals surface area contributed by atoms with E-state index >= 15 is 0 Å². The van der Waals surface area contributed by atoms with E-state index in [1.807, 2.05) is 31.2 Å². The largest absolute Gasteiger partial charge is 0.333 e. The van der Waals surface area contributed by atoms with Gasteiger partial charge in [-0.1, -0.05) is 31.2 Å². The molecule has 0 bridgehead atoms. The zero-order valence-electron chi connectivity index (χ0n) is 10.2. The summed E-state index contributed by atoms with van der Waals surface area (Å²) in [6, 6.07) is 10.2. The fourth-order valence-corrected chi connectivity index (χ4v) is 2.10. The number of hydrogen-bond donors (Lipinski definition) is 0. The molecule has 1 aromatic carbocycles. The van der Waals surface area contributed by atoms with Gasteiger partial charge in [-0.05, 0) is 24.5 Å². The molecule has 88 valence electrons. The van der Waals surface area contributed by atoms with E-state index in [9.17, 15) is 4.79 Å². The first kappa shape index (κ1) is 11.7. The molecular weight excluding hydrogens is 212 g/mol. The van der Waals surface area contributed by atoms with E-state index in [1.54, 1.807) is 11.8 Å². The van der Waals surface area contributed by atoms with E-state index in [-0.39, 0.29) is 5.91 Å². The Morgan fingerprint density at radius 3 is 2.35 bits per heavy atom. The number of carbonyl (C=O) groups excluding carboxylic acids is 1. The molecule has 2 rings (SSSR count). The van der Waals surface area contributed by atoms with Crippen molar-refractivity contribution in [1.29, 1.82) is 5.26 Å². The SMILES string of the molecule is CCC(C)(C#N)C(=O)N1Cc2ccccc2C1. The van der Waals surface area contributed by atoms with Crippen LogP contribution in [-0.4, -0.2) is 10.8 Å². The van der Waals surface area contributed by atoms with Crippen LogP contribution < -0.4 is 0 Å². The standard InChI is InChI=1S/C14H16N2O/c1-3-14(2,10-15)13(17)16-8-11-6-4-5-7-12(11)9-16/h4-7H,3,8-9H2,1-2H3. The van der Waals surface area contributed by atoms with Gasteiger partial charge in [0.25, 0.3) is 0 Å². The molecule has 1 aliphatic rings. The third-order valence-corrected chi connectivity index (χ3v) is 3.55. The van der Waals surface area contributed by atoms with Crippen LogP contribution in [0.3, 0.4) is 0 Å². The number of nitriles is 1. The molecule has 0 aliphatic carbocycles. The molecule has 0 N–H and O–H groups in total. The minimum absolute atomic E-state index is 0.0568. The van der Waals surface area contributed by atoms with E-state index < -0.39 is 5.41 Å². The van der Waals surface area contributed by atoms with Gasteiger partial charge in [0.2, 0.25) is 5.91 Å². The highest BCUT2D eigenvalue weighted by Crippen LogP contribution is 2.29. The molecule has 0 radical (unpaired) electrons. The molecular formula is C14H16N2O. The lowest BCUT2D eigenvalue weighted by Crippen LogP contribution is -2.38. The van der Waals surface area contributed by atoms with Crippen molar-refractivity contribution in [2.75, 3.05) is 0 Å². The van der Waals surface area contributed by atoms with Crippen LogP contribution >= 0.6 is 0 Å². The Labute approximate surface area is 102 Å². The van der Waals surface area contributed by atoms with Crippen LogP contribution in [0, 0.1) is 16.7 Å². The Morgan fingerprint density at radius 1 is 1.41 bits per heavy atom. The molecule has 17 heavy (non-hydrogen) atoms. The summed E-state index contributed by atoms with van der Waals surface area (Å²) >= 11 is 0. The lowest BCUT2D eigenvalue weighted by Gasteiger charge is -2.25. The zero-order chi connectivity index (χ0) is 12.5. The number of hydrogen-bond acceptors (Lipinski definition) is 2. The third-order valence-electron chi connectivity index (χ3n) is 3.55. The van der Waals surface area contributed by atoms with Crippen molar-refractivity contribution < 1.29 is 4.79 Å². The monoisotopic (exact) mass is 228 g/mol. The van der Waals surface area contributed by atoms with Gasteiger partial charge in [-0.25, -0.2) is 0 Å². The fourth-order valence-electron chi connectivity index (χ4n) is 2.10. The van der Waals surface area contributed by atoms with Crippen molar-refractivity contribution in [3.8, 4) is 6.07 Å². The van der Waals surface area contributed by atoms with Crippen molar-refractivity contribution in [1.82, 2.24) is 4.90 Å². The van der Waals surface area contributed by atoms with Gasteiger partial charge in [-0.3, -0.25) is 4.79 Å². The van der Waals surface area contributed by atoms with Gasteiger partial charge in [-0.2, -0.15) is 5.26 Å². The summed E-state index contributed by atoms with van der Waals surface area (Å²) in [7, 11) is 0. The summed E-state index contributed by atoms with van der Waals surface area (Å²) in [5.74, 6) is -0.0568. The van der Waals surface area contributed by atoms with Crippen LogP contribution in [0.1, 0.15) is 31.4 Å². The second kappa shape index (κ2) is 4.21. The van der Waals surface area contributed by atoms with E-state index in [1.165, 1.54) is 11.1 Å². The van der Waals surface area contributed by atoms with Crippen LogP contribution in [0.15, 0.2) is 24.3 Å². The normalized spacial score (nSPS) is 17.1. The molecule has 0 saturated carbocycles. The van der Waals surface area contributed by atoms with Gasteiger partial charge in [0.05, 0.1) is 6.07 Å². The summed E-state index contributed by atoms with van der Waals surface area (Å²) in [5.41, 5.74) is 1.50. The summed E-state index contributed by atoms with van der Waals surface area (Å²) in [5, 5.41) is 9.14. The van der Waals surface area contributed by atoms with Gasteiger partial charge >= 0.3 is 0 Å². The maximum atomic E-state index is 12.3. The highest BCUT2D eigenvalue weighted by atomic mass is 16.2. The van der Waals surface area contributed by atoms with Gasteiger partial charge in [0, 0.05) is 13.1 Å². The lowest BCUT2D eigenvalue weighted by molar-refractivity contribution is -0.139. The van der Waals surface area contributed by atoms with E-state index in [4.69, 9.17) is 5.26 Å². The van der Waals surface area contributed by atoms with Crippen LogP contribution in [-0.2, 0) is 17.9 Å². The predicted octanol–water partition coefficient (Wildman–Crippen LogP) is 2.47. The molecule has 1 atom stereocenters. The maximum absolute atomic E-state index is 12.3. The smallest absolute Gasteiger partial charge is 0.243 e. The van der Waals surface area contributed by atoms with E-state index in [0.29, 0.717) is 19.5 Å². The summed E-state index contributed by atoms with van der Waals surface area (Å²) in [6.07, 6.45) is 0.551. The minimum Gasteiger partial charge on any atom is -0.333 e. The second-order valence-corrected chi connectivity index (χ2v) is 4.73. The molecule has 0 spiro atoms. The van der Waals surface area contributed by atoms with Crippen molar-refractivity contribution >= 4 is 5.91 Å². The van der Waals surface area contributed by atoms with Gasteiger partial charge in [0.15, 0.2) is 0 Å². The Hall–Kier alpha value is -1.82. The van der Waals surface area contributed by atoms with Crippen LogP contribution in [0.5, 0.6) is 0 Å². The third kappa shape index (κ3) is 1.91. The Balaban J connectivity index is 2.19. The van der Waals surface area contributed by atoms with Crippen LogP contribution in [0.2, 0.25) is 0 Å². The van der Waals surface area contributed by atoms with Crippen molar-refractivity contribution in [2.24, 2.45) is 5.41 Å². The van der Waals surface area contributed by atoms with Crippen LogP contribution in [0.25, 0.3) is 0 Å². The number of fused-ring (bicyclic) bond motifs is 1. The Bertz CT molecular complexity index is 464. The van der Waals surface area contributed by atoms with E-state index in [2.05, 4.69) is 6.07 Å². The number of benzene rings is 1. The zero-order valence-corrected chi connectivity index (χ0v) is 10.2. The molecule has 0 saturated heterocycles. The number of nitrogens with zero attached hydrogens (tertiary/aromatic N) is 2. The molecule has 1 amide bonds. The highest BCUT2D eigenvalue weighted by Gasteiger charge is 2.37. The van der Waals surface area contributed by atoms with Crippen molar-refractivity contribution in [2.45, 2.75) is 33.4 Å². The molecule has 3 heteroatoms. The van der Waals surface area contributed by atoms with Crippen molar-refractivity contribution in [3.05, 3.63) is 35.4 Å². The van der Waals surface area contributed by atoms with Crippen LogP contribution in [0.4, 0.5) is 0 Å². The summed E-state index contributed by atoms with van der Waals surface area (Å²) in [4.78, 5) is 14.1. The van der Waals surface area contributed by atoms with Gasteiger partial charge in [-0.15, -0.1) is 0 Å². The quantitative estimate of drug-likeness (QED) is 0.780. The molecule has 1 heterocycles. The molecule has 3 nitrogen and oxygen atoms in total. The van der Waals surface area contributed by atoms with Gasteiger partial charge in [0.1, 0.15) is 5.41 Å². The molecule has 1 unspecified atom stereocenters. The first-order valence-electron chi connectivity index (χ1n) is 5.88. The number of carbonyl (C=O) groups is 1. The summed E-state index contributed by atoms with van der Waals surface area (Å²) < 4.78 is 0. The lowest BCUT2D eigenvalue weighted by atomic mass is 9.88. The average Bonchev–Trinajstić information content (AvgIpc) is 2.80.